The summed E-state index contributed by atoms with van der Waals surface area (Å²) in [6.07, 6.45) is 2.80. The van der Waals surface area contributed by atoms with Crippen LogP contribution in [0.1, 0.15) is 6.92 Å². The zero-order valence-electron chi connectivity index (χ0n) is 15.4. The first-order chi connectivity index (χ1) is 13.8. The van der Waals surface area contributed by atoms with Gasteiger partial charge < -0.3 is 10.6 Å². The van der Waals surface area contributed by atoms with Crippen molar-refractivity contribution in [3.63, 3.8) is 0 Å². The van der Waals surface area contributed by atoms with E-state index in [-0.39, 0.29) is 10.6 Å². The average molecular weight is 432 g/mol. The van der Waals surface area contributed by atoms with Gasteiger partial charge in [0.25, 0.3) is 10.0 Å². The highest BCUT2D eigenvalue weighted by Crippen LogP contribution is 2.24. The second-order valence-corrected chi connectivity index (χ2v) is 8.47. The summed E-state index contributed by atoms with van der Waals surface area (Å²) in [5.74, 6) is -2.23. The number of rotatable bonds is 6. The molecular weight excluding hydrogens is 414 g/mol. The van der Waals surface area contributed by atoms with E-state index < -0.39 is 27.8 Å². The van der Waals surface area contributed by atoms with Crippen molar-refractivity contribution in [3.05, 3.63) is 78.1 Å². The van der Waals surface area contributed by atoms with Crippen molar-refractivity contribution in [2.75, 3.05) is 10.6 Å². The highest BCUT2D eigenvalue weighted by atomic mass is 35.5. The second kappa shape index (κ2) is 8.50. The van der Waals surface area contributed by atoms with Crippen LogP contribution in [0.3, 0.4) is 0 Å². The topological polar surface area (TPSA) is 97.3 Å². The van der Waals surface area contributed by atoms with E-state index >= 15 is 0 Å². The molecule has 2 amide bonds. The molecular formula is C20H18ClN3O4S. The smallest absolute Gasteiger partial charge is 0.269 e. The molecule has 1 unspecified atom stereocenters. The normalized spacial score (nSPS) is 12.2. The summed E-state index contributed by atoms with van der Waals surface area (Å²) in [5, 5.41) is 5.69. The third-order valence-electron chi connectivity index (χ3n) is 4.18. The minimum absolute atomic E-state index is 0.0742. The number of nitrogens with one attached hydrogen (secondary N) is 2. The Morgan fingerprint density at radius 2 is 1.48 bits per heavy atom. The van der Waals surface area contributed by atoms with Gasteiger partial charge in [-0.15, -0.1) is 0 Å². The van der Waals surface area contributed by atoms with E-state index in [0.29, 0.717) is 10.7 Å². The van der Waals surface area contributed by atoms with E-state index in [1.807, 2.05) is 0 Å². The fraction of sp³-hybridized carbons (Fsp3) is 0.100. The van der Waals surface area contributed by atoms with Gasteiger partial charge in [-0.3, -0.25) is 9.59 Å². The van der Waals surface area contributed by atoms with Crippen LogP contribution in [0.4, 0.5) is 11.4 Å². The Morgan fingerprint density at radius 1 is 0.897 bits per heavy atom. The summed E-state index contributed by atoms with van der Waals surface area (Å²) in [4.78, 5) is 24.9. The molecule has 0 aliphatic heterocycles. The molecule has 150 valence electrons. The van der Waals surface area contributed by atoms with Crippen LogP contribution in [-0.2, 0) is 19.6 Å². The van der Waals surface area contributed by atoms with E-state index in [0.717, 1.165) is 3.97 Å². The fourth-order valence-corrected chi connectivity index (χ4v) is 3.99. The van der Waals surface area contributed by atoms with Crippen LogP contribution in [0.2, 0.25) is 5.02 Å². The van der Waals surface area contributed by atoms with E-state index in [4.69, 9.17) is 11.6 Å². The monoisotopic (exact) mass is 431 g/mol. The summed E-state index contributed by atoms with van der Waals surface area (Å²) in [7, 11) is -3.88. The van der Waals surface area contributed by atoms with E-state index in [1.54, 1.807) is 48.5 Å². The molecule has 7 nitrogen and oxygen atoms in total. The molecule has 0 radical (unpaired) electrons. The van der Waals surface area contributed by atoms with Crippen molar-refractivity contribution in [1.82, 2.24) is 3.97 Å². The Hall–Kier alpha value is -3.10. The van der Waals surface area contributed by atoms with Crippen molar-refractivity contribution in [2.24, 2.45) is 5.92 Å². The van der Waals surface area contributed by atoms with Gasteiger partial charge in [0.15, 0.2) is 0 Å². The number of hydrogen-bond acceptors (Lipinski definition) is 4. The number of benzene rings is 2. The number of anilines is 2. The quantitative estimate of drug-likeness (QED) is 0.583. The lowest BCUT2D eigenvalue weighted by atomic mass is 10.1. The number of carbonyl (C=O) groups excluding carboxylic acids is 2. The van der Waals surface area contributed by atoms with Crippen LogP contribution >= 0.6 is 11.6 Å². The molecule has 0 aliphatic rings. The van der Waals surface area contributed by atoms with Crippen molar-refractivity contribution < 1.29 is 18.0 Å². The van der Waals surface area contributed by atoms with Gasteiger partial charge in [0, 0.05) is 23.1 Å². The summed E-state index contributed by atoms with van der Waals surface area (Å²) in [6, 6.07) is 15.7. The molecule has 0 fully saturated rings. The van der Waals surface area contributed by atoms with Gasteiger partial charge in [-0.1, -0.05) is 23.7 Å². The van der Waals surface area contributed by atoms with Gasteiger partial charge in [-0.2, -0.15) is 0 Å². The molecule has 0 aliphatic carbocycles. The number of aromatic nitrogens is 1. The average Bonchev–Trinajstić information content (AvgIpc) is 3.25. The summed E-state index contributed by atoms with van der Waals surface area (Å²) < 4.78 is 26.6. The summed E-state index contributed by atoms with van der Waals surface area (Å²) in [5.41, 5.74) is 0.590. The Bertz CT molecular complexity index is 1130. The summed E-state index contributed by atoms with van der Waals surface area (Å²) >= 11 is 5.81. The van der Waals surface area contributed by atoms with Gasteiger partial charge in [0.1, 0.15) is 10.8 Å². The molecule has 0 saturated heterocycles. The van der Waals surface area contributed by atoms with E-state index in [1.165, 1.54) is 31.5 Å². The first kappa shape index (κ1) is 20.6. The maximum Gasteiger partial charge on any atom is 0.269 e. The van der Waals surface area contributed by atoms with Crippen molar-refractivity contribution in [2.45, 2.75) is 11.8 Å². The maximum atomic E-state index is 12.8. The number of hydrogen-bond donors (Lipinski definition) is 2. The minimum Gasteiger partial charge on any atom is -0.325 e. The van der Waals surface area contributed by atoms with Crippen molar-refractivity contribution in [3.8, 4) is 0 Å². The zero-order chi connectivity index (χ0) is 21.0. The molecule has 1 aromatic heterocycles. The van der Waals surface area contributed by atoms with Crippen molar-refractivity contribution in [1.29, 1.82) is 0 Å². The number of para-hydroxylation sites is 1. The number of amides is 2. The SMILES string of the molecule is CC(C(=O)Nc1ccc(Cl)cc1)C(=O)Nc1ccccc1S(=O)(=O)n1cccc1. The van der Waals surface area contributed by atoms with Gasteiger partial charge in [0.2, 0.25) is 11.8 Å². The zero-order valence-corrected chi connectivity index (χ0v) is 16.9. The van der Waals surface area contributed by atoms with Gasteiger partial charge >= 0.3 is 0 Å². The Balaban J connectivity index is 1.77. The standard InChI is InChI=1S/C20H18ClN3O4S/c1-14(19(25)22-16-10-8-15(21)9-11-16)20(26)23-17-6-2-3-7-18(17)29(27,28)24-12-4-5-13-24/h2-14H,1H3,(H,22,25)(H,23,26). The lowest BCUT2D eigenvalue weighted by molar-refractivity contribution is -0.128. The van der Waals surface area contributed by atoms with Crippen LogP contribution in [0, 0.1) is 5.92 Å². The molecule has 0 bridgehead atoms. The van der Waals surface area contributed by atoms with Crippen LogP contribution in [0.5, 0.6) is 0 Å². The number of halogens is 1. The highest BCUT2D eigenvalue weighted by molar-refractivity contribution is 7.90. The van der Waals surface area contributed by atoms with Crippen molar-refractivity contribution >= 4 is 44.8 Å². The van der Waals surface area contributed by atoms with Crippen LogP contribution in [0.25, 0.3) is 0 Å². The molecule has 29 heavy (non-hydrogen) atoms. The third kappa shape index (κ3) is 4.67. The first-order valence-corrected chi connectivity index (χ1v) is 10.5. The molecule has 9 heteroatoms. The second-order valence-electron chi connectivity index (χ2n) is 6.22. The lowest BCUT2D eigenvalue weighted by Crippen LogP contribution is -2.32. The molecule has 1 heterocycles. The van der Waals surface area contributed by atoms with Crippen LogP contribution in [0.15, 0.2) is 78.0 Å². The lowest BCUT2D eigenvalue weighted by Gasteiger charge is -2.15. The molecule has 2 aromatic carbocycles. The molecule has 2 N–H and O–H groups in total. The molecule has 0 spiro atoms. The van der Waals surface area contributed by atoms with Gasteiger partial charge in [-0.05, 0) is 55.5 Å². The summed E-state index contributed by atoms with van der Waals surface area (Å²) in [6.45, 7) is 1.43. The first-order valence-electron chi connectivity index (χ1n) is 8.64. The number of carbonyl (C=O) groups is 2. The largest absolute Gasteiger partial charge is 0.325 e. The van der Waals surface area contributed by atoms with Crippen LogP contribution < -0.4 is 10.6 Å². The van der Waals surface area contributed by atoms with E-state index in [2.05, 4.69) is 10.6 Å². The third-order valence-corrected chi connectivity index (χ3v) is 6.14. The molecule has 1 atom stereocenters. The predicted octanol–water partition coefficient (Wildman–Crippen LogP) is 3.59. The predicted molar refractivity (Wildman–Crippen MR) is 111 cm³/mol. The van der Waals surface area contributed by atoms with E-state index in [9.17, 15) is 18.0 Å². The van der Waals surface area contributed by atoms with Gasteiger partial charge in [0.05, 0.1) is 5.69 Å². The van der Waals surface area contributed by atoms with Crippen LogP contribution in [-0.4, -0.2) is 24.2 Å². The minimum atomic E-state index is -3.88. The van der Waals surface area contributed by atoms with Gasteiger partial charge in [-0.25, -0.2) is 12.4 Å². The Labute approximate surface area is 173 Å². The molecule has 3 rings (SSSR count). The fourth-order valence-electron chi connectivity index (χ4n) is 2.53. The Kier molecular flexibility index (Phi) is 6.05. The Morgan fingerprint density at radius 3 is 2.14 bits per heavy atom. The highest BCUT2D eigenvalue weighted by Gasteiger charge is 2.25. The maximum absolute atomic E-state index is 12.8. The molecule has 0 saturated carbocycles. The number of nitrogens with zero attached hydrogens (tertiary/aromatic N) is 1. The molecule has 3 aromatic rings.